The van der Waals surface area contributed by atoms with E-state index in [1.165, 1.54) is 6.07 Å². The molecule has 3 rings (SSSR count). The summed E-state index contributed by atoms with van der Waals surface area (Å²) < 4.78 is 13.3. The van der Waals surface area contributed by atoms with Gasteiger partial charge in [0.15, 0.2) is 5.82 Å². The van der Waals surface area contributed by atoms with Gasteiger partial charge in [-0.25, -0.2) is 9.37 Å². The zero-order chi connectivity index (χ0) is 12.9. The van der Waals surface area contributed by atoms with Crippen molar-refractivity contribution in [3.05, 3.63) is 22.1 Å². The highest BCUT2D eigenvalue weighted by molar-refractivity contribution is 9.10. The Kier molecular flexibility index (Phi) is 4.13. The van der Waals surface area contributed by atoms with Crippen LogP contribution in [-0.2, 0) is 4.79 Å². The number of piperidine rings is 1. The number of nitrogens with one attached hydrogen (secondary N) is 2. The fourth-order valence-corrected chi connectivity index (χ4v) is 2.80. The van der Waals surface area contributed by atoms with E-state index >= 15 is 0 Å². The lowest BCUT2D eigenvalue weighted by molar-refractivity contribution is -0.118. The van der Waals surface area contributed by atoms with E-state index in [4.69, 9.17) is 0 Å². The Morgan fingerprint density at radius 3 is 2.95 bits per heavy atom. The van der Waals surface area contributed by atoms with Crippen LogP contribution in [0.3, 0.4) is 0 Å². The molecule has 3 unspecified atom stereocenters. The maximum absolute atomic E-state index is 13.2. The third kappa shape index (κ3) is 2.75. The molecule has 0 aromatic carbocycles. The second kappa shape index (κ2) is 5.34. The molecule has 0 spiro atoms. The van der Waals surface area contributed by atoms with E-state index in [-0.39, 0.29) is 29.0 Å². The molecule has 2 N–H and O–H groups in total. The van der Waals surface area contributed by atoms with Crippen LogP contribution in [-0.4, -0.2) is 23.5 Å². The van der Waals surface area contributed by atoms with Crippen LogP contribution in [0.1, 0.15) is 12.0 Å². The number of pyridine rings is 1. The highest BCUT2D eigenvalue weighted by Gasteiger charge is 2.50. The lowest BCUT2D eigenvalue weighted by atomic mass is 10.2. The molecule has 1 aliphatic carbocycles. The highest BCUT2D eigenvalue weighted by atomic mass is 79.9. The van der Waals surface area contributed by atoms with Gasteiger partial charge in [0.1, 0.15) is 10.4 Å². The number of halogens is 3. The van der Waals surface area contributed by atoms with E-state index in [2.05, 4.69) is 31.5 Å². The Bertz CT molecular complexity index is 528. The zero-order valence-corrected chi connectivity index (χ0v) is 12.6. The monoisotopic (exact) mass is 349 g/mol. The van der Waals surface area contributed by atoms with Crippen LogP contribution in [0.15, 0.2) is 10.7 Å². The predicted octanol–water partition coefficient (Wildman–Crippen LogP) is 2.26. The van der Waals surface area contributed by atoms with Gasteiger partial charge < -0.3 is 10.6 Å². The van der Waals surface area contributed by atoms with Crippen LogP contribution < -0.4 is 10.6 Å². The number of amides is 1. The van der Waals surface area contributed by atoms with Gasteiger partial charge in [0, 0.05) is 0 Å². The number of aromatic nitrogens is 1. The quantitative estimate of drug-likeness (QED) is 0.805. The minimum Gasteiger partial charge on any atom is -0.309 e. The average Bonchev–Trinajstić information content (AvgIpc) is 2.97. The van der Waals surface area contributed by atoms with Gasteiger partial charge in [-0.15, -0.1) is 12.4 Å². The van der Waals surface area contributed by atoms with Crippen molar-refractivity contribution in [3.8, 4) is 0 Å². The molecule has 2 fully saturated rings. The van der Waals surface area contributed by atoms with Crippen LogP contribution >= 0.6 is 28.3 Å². The number of rotatable bonds is 2. The predicted molar refractivity (Wildman–Crippen MR) is 75.9 cm³/mol. The molecule has 4 nitrogen and oxygen atoms in total. The van der Waals surface area contributed by atoms with Gasteiger partial charge in [-0.05, 0) is 59.3 Å². The second-order valence-corrected chi connectivity index (χ2v) is 5.71. The molecule has 1 aromatic heterocycles. The van der Waals surface area contributed by atoms with Crippen molar-refractivity contribution in [2.75, 3.05) is 11.9 Å². The molecule has 1 saturated heterocycles. The molecule has 0 radical (unpaired) electrons. The van der Waals surface area contributed by atoms with Crippen LogP contribution in [0.2, 0.25) is 0 Å². The van der Waals surface area contributed by atoms with E-state index < -0.39 is 5.82 Å². The molecule has 3 atom stereocenters. The number of carbonyl (C=O) groups is 1. The van der Waals surface area contributed by atoms with E-state index in [1.54, 1.807) is 6.92 Å². The fourth-order valence-electron chi connectivity index (χ4n) is 2.51. The second-order valence-electron chi connectivity index (χ2n) is 4.96. The lowest BCUT2D eigenvalue weighted by Gasteiger charge is -2.14. The standard InChI is InChI=1S/C12H13BrFN3O.ClH/c1-5-2-8(14)10(13)16-11(5)17-12(18)9-7-3-6(7)4-15-9;/h2,6-7,9,15H,3-4H2,1H3,(H,16,17,18);1H. The van der Waals surface area contributed by atoms with Gasteiger partial charge in [-0.1, -0.05) is 0 Å². The van der Waals surface area contributed by atoms with Crippen molar-refractivity contribution in [2.24, 2.45) is 11.8 Å². The first-order valence-electron chi connectivity index (χ1n) is 5.93. The third-order valence-electron chi connectivity index (χ3n) is 3.65. The Morgan fingerprint density at radius 2 is 2.37 bits per heavy atom. The molecule has 2 heterocycles. The molecular formula is C12H14BrClFN3O. The van der Waals surface area contributed by atoms with Crippen LogP contribution in [0.5, 0.6) is 0 Å². The number of anilines is 1. The van der Waals surface area contributed by atoms with E-state index in [0.717, 1.165) is 13.0 Å². The minimum absolute atomic E-state index is 0. The summed E-state index contributed by atoms with van der Waals surface area (Å²) in [5.41, 5.74) is 0.620. The van der Waals surface area contributed by atoms with Crippen LogP contribution in [0.4, 0.5) is 10.2 Å². The molecular weight excluding hydrogens is 337 g/mol. The lowest BCUT2D eigenvalue weighted by Crippen LogP contribution is -2.39. The summed E-state index contributed by atoms with van der Waals surface area (Å²) in [4.78, 5) is 16.1. The van der Waals surface area contributed by atoms with Crippen molar-refractivity contribution in [1.82, 2.24) is 10.3 Å². The molecule has 104 valence electrons. The molecule has 0 bridgehead atoms. The summed E-state index contributed by atoms with van der Waals surface area (Å²) in [5.74, 6) is 1.05. The minimum atomic E-state index is -0.424. The maximum Gasteiger partial charge on any atom is 0.242 e. The number of nitrogens with zero attached hydrogens (tertiary/aromatic N) is 1. The SMILES string of the molecule is Cc1cc(F)c(Br)nc1NC(=O)C1NCC2CC21.Cl. The summed E-state index contributed by atoms with van der Waals surface area (Å²) in [6, 6.07) is 1.23. The first kappa shape index (κ1) is 14.7. The summed E-state index contributed by atoms with van der Waals surface area (Å²) in [6.45, 7) is 2.64. The van der Waals surface area contributed by atoms with Gasteiger partial charge in [0.25, 0.3) is 0 Å². The van der Waals surface area contributed by atoms with Crippen molar-refractivity contribution >= 4 is 40.1 Å². The average molecular weight is 351 g/mol. The number of hydrogen-bond acceptors (Lipinski definition) is 3. The first-order chi connectivity index (χ1) is 8.56. The number of fused-ring (bicyclic) bond motifs is 1. The van der Waals surface area contributed by atoms with Crippen molar-refractivity contribution in [1.29, 1.82) is 0 Å². The Labute approximate surface area is 125 Å². The van der Waals surface area contributed by atoms with Gasteiger partial charge in [-0.2, -0.15) is 0 Å². The van der Waals surface area contributed by atoms with Gasteiger partial charge in [0.05, 0.1) is 6.04 Å². The third-order valence-corrected chi connectivity index (χ3v) is 4.21. The largest absolute Gasteiger partial charge is 0.309 e. The molecule has 7 heteroatoms. The number of carbonyl (C=O) groups excluding carboxylic acids is 1. The first-order valence-corrected chi connectivity index (χ1v) is 6.72. The topological polar surface area (TPSA) is 54.0 Å². The van der Waals surface area contributed by atoms with Gasteiger partial charge in [0.2, 0.25) is 5.91 Å². The van der Waals surface area contributed by atoms with Crippen LogP contribution in [0.25, 0.3) is 0 Å². The molecule has 1 aliphatic heterocycles. The van der Waals surface area contributed by atoms with Crippen LogP contribution in [0, 0.1) is 24.6 Å². The summed E-state index contributed by atoms with van der Waals surface area (Å²) >= 11 is 3.02. The molecule has 1 saturated carbocycles. The molecule has 1 aromatic rings. The van der Waals surface area contributed by atoms with Crippen molar-refractivity contribution in [3.63, 3.8) is 0 Å². The molecule has 1 amide bonds. The smallest absolute Gasteiger partial charge is 0.242 e. The number of hydrogen-bond donors (Lipinski definition) is 2. The normalized spacial score (nSPS) is 27.4. The summed E-state index contributed by atoms with van der Waals surface area (Å²) in [6.07, 6.45) is 1.13. The summed E-state index contributed by atoms with van der Waals surface area (Å²) in [7, 11) is 0. The maximum atomic E-state index is 13.2. The van der Waals surface area contributed by atoms with E-state index in [9.17, 15) is 9.18 Å². The van der Waals surface area contributed by atoms with Crippen molar-refractivity contribution in [2.45, 2.75) is 19.4 Å². The Balaban J connectivity index is 0.00000133. The fraction of sp³-hybridized carbons (Fsp3) is 0.500. The number of aryl methyl sites for hydroxylation is 1. The Morgan fingerprint density at radius 1 is 1.63 bits per heavy atom. The van der Waals surface area contributed by atoms with E-state index in [1.807, 2.05) is 0 Å². The van der Waals surface area contributed by atoms with Gasteiger partial charge >= 0.3 is 0 Å². The molecule has 2 aliphatic rings. The zero-order valence-electron chi connectivity index (χ0n) is 10.2. The van der Waals surface area contributed by atoms with Gasteiger partial charge in [-0.3, -0.25) is 4.79 Å². The summed E-state index contributed by atoms with van der Waals surface area (Å²) in [5, 5.41) is 5.96. The molecule has 19 heavy (non-hydrogen) atoms. The van der Waals surface area contributed by atoms with Crippen molar-refractivity contribution < 1.29 is 9.18 Å². The van der Waals surface area contributed by atoms with E-state index in [0.29, 0.717) is 23.2 Å². The highest BCUT2D eigenvalue weighted by Crippen LogP contribution is 2.45. The Hall–Kier alpha value is -0.720.